The van der Waals surface area contributed by atoms with Gasteiger partial charge in [0, 0.05) is 18.3 Å². The molecule has 1 unspecified atom stereocenters. The van der Waals surface area contributed by atoms with E-state index in [-0.39, 0.29) is 6.61 Å². The Kier molecular flexibility index (Phi) is 4.72. The van der Waals surface area contributed by atoms with Crippen LogP contribution in [-0.4, -0.2) is 24.2 Å². The second kappa shape index (κ2) is 6.53. The Morgan fingerprint density at radius 3 is 3.24 bits per heavy atom. The van der Waals surface area contributed by atoms with Crippen molar-refractivity contribution in [3.8, 4) is 11.8 Å². The van der Waals surface area contributed by atoms with Gasteiger partial charge in [-0.15, -0.1) is 0 Å². The molecule has 0 radical (unpaired) electrons. The molecule has 0 aliphatic carbocycles. The number of hydrogen-bond acceptors (Lipinski definition) is 4. The lowest BCUT2D eigenvalue weighted by Crippen LogP contribution is -2.27. The Labute approximate surface area is 106 Å². The van der Waals surface area contributed by atoms with Crippen LogP contribution in [0.3, 0.4) is 0 Å². The van der Waals surface area contributed by atoms with Crippen LogP contribution in [0.4, 0.5) is 0 Å². The minimum Gasteiger partial charge on any atom is -0.479 e. The van der Waals surface area contributed by atoms with Gasteiger partial charge < -0.3 is 10.1 Å². The van der Waals surface area contributed by atoms with Crippen LogP contribution < -0.4 is 10.1 Å². The van der Waals surface area contributed by atoms with E-state index < -0.39 is 0 Å². The van der Waals surface area contributed by atoms with E-state index in [1.807, 2.05) is 36.0 Å². The summed E-state index contributed by atoms with van der Waals surface area (Å²) in [5, 5.41) is 12.0. The Morgan fingerprint density at radius 2 is 2.47 bits per heavy atom. The lowest BCUT2D eigenvalue weighted by atomic mass is 10.2. The third-order valence-electron chi connectivity index (χ3n) is 2.73. The lowest BCUT2D eigenvalue weighted by Gasteiger charge is -2.11. The van der Waals surface area contributed by atoms with Gasteiger partial charge >= 0.3 is 0 Å². The molecule has 1 atom stereocenters. The summed E-state index contributed by atoms with van der Waals surface area (Å²) in [7, 11) is 0. The van der Waals surface area contributed by atoms with Crippen molar-refractivity contribution in [3.05, 3.63) is 29.8 Å². The first-order valence-electron chi connectivity index (χ1n) is 5.78. The SMILES string of the molecule is N#CCOc1cccc(CNC2CCSC2)c1. The van der Waals surface area contributed by atoms with Crippen LogP contribution in [0.1, 0.15) is 12.0 Å². The predicted molar refractivity (Wildman–Crippen MR) is 70.1 cm³/mol. The molecule has 0 spiro atoms. The summed E-state index contributed by atoms with van der Waals surface area (Å²) in [6, 6.07) is 10.5. The molecular formula is C13H16N2OS. The van der Waals surface area contributed by atoms with Crippen molar-refractivity contribution in [1.82, 2.24) is 5.32 Å². The maximum absolute atomic E-state index is 8.45. The van der Waals surface area contributed by atoms with E-state index in [1.165, 1.54) is 23.5 Å². The molecule has 3 nitrogen and oxygen atoms in total. The molecule has 1 N–H and O–H groups in total. The molecule has 4 heteroatoms. The van der Waals surface area contributed by atoms with Gasteiger partial charge in [0.1, 0.15) is 11.8 Å². The highest BCUT2D eigenvalue weighted by Crippen LogP contribution is 2.18. The lowest BCUT2D eigenvalue weighted by molar-refractivity contribution is 0.367. The fraction of sp³-hybridized carbons (Fsp3) is 0.462. The molecule has 0 saturated carbocycles. The molecule has 90 valence electrons. The van der Waals surface area contributed by atoms with Gasteiger partial charge in [-0.1, -0.05) is 12.1 Å². The Balaban J connectivity index is 1.85. The van der Waals surface area contributed by atoms with Gasteiger partial charge in [-0.2, -0.15) is 17.0 Å². The zero-order chi connectivity index (χ0) is 11.9. The van der Waals surface area contributed by atoms with Crippen molar-refractivity contribution >= 4 is 11.8 Å². The van der Waals surface area contributed by atoms with Crippen molar-refractivity contribution in [2.45, 2.75) is 19.0 Å². The van der Waals surface area contributed by atoms with E-state index in [2.05, 4.69) is 11.4 Å². The molecule has 1 fully saturated rings. The van der Waals surface area contributed by atoms with Crippen LogP contribution >= 0.6 is 11.8 Å². The summed E-state index contributed by atoms with van der Waals surface area (Å²) in [5.74, 6) is 3.25. The molecule has 1 aliphatic heterocycles. The quantitative estimate of drug-likeness (QED) is 0.867. The van der Waals surface area contributed by atoms with Crippen LogP contribution in [-0.2, 0) is 6.54 Å². The molecule has 1 aliphatic rings. The van der Waals surface area contributed by atoms with Crippen molar-refractivity contribution < 1.29 is 4.74 Å². The highest BCUT2D eigenvalue weighted by atomic mass is 32.2. The summed E-state index contributed by atoms with van der Waals surface area (Å²) in [6.07, 6.45) is 1.26. The first-order chi connectivity index (χ1) is 8.38. The van der Waals surface area contributed by atoms with E-state index in [0.717, 1.165) is 12.3 Å². The van der Waals surface area contributed by atoms with E-state index in [1.54, 1.807) is 0 Å². The Morgan fingerprint density at radius 1 is 1.53 bits per heavy atom. The van der Waals surface area contributed by atoms with Gasteiger partial charge in [0.05, 0.1) is 0 Å². The molecule has 0 bridgehead atoms. The van der Waals surface area contributed by atoms with Crippen LogP contribution in [0.5, 0.6) is 5.75 Å². The molecular weight excluding hydrogens is 232 g/mol. The summed E-state index contributed by atoms with van der Waals surface area (Å²) < 4.78 is 5.27. The molecule has 1 heterocycles. The Bertz CT molecular complexity index is 397. The van der Waals surface area contributed by atoms with Gasteiger partial charge in [-0.3, -0.25) is 0 Å². The normalized spacial score (nSPS) is 18.9. The average molecular weight is 248 g/mol. The molecule has 0 amide bonds. The minimum atomic E-state index is 0.107. The van der Waals surface area contributed by atoms with Crippen molar-refractivity contribution in [2.24, 2.45) is 0 Å². The van der Waals surface area contributed by atoms with Gasteiger partial charge in [-0.05, 0) is 29.9 Å². The number of nitrogens with one attached hydrogen (secondary N) is 1. The fourth-order valence-corrected chi connectivity index (χ4v) is 3.01. The summed E-state index contributed by atoms with van der Waals surface area (Å²) in [4.78, 5) is 0. The number of ether oxygens (including phenoxy) is 1. The molecule has 1 aromatic rings. The summed E-state index contributed by atoms with van der Waals surface area (Å²) in [5.41, 5.74) is 1.21. The van der Waals surface area contributed by atoms with Gasteiger partial charge in [0.15, 0.2) is 6.61 Å². The van der Waals surface area contributed by atoms with E-state index in [9.17, 15) is 0 Å². The first kappa shape index (κ1) is 12.3. The maximum Gasteiger partial charge on any atom is 0.174 e. The van der Waals surface area contributed by atoms with Gasteiger partial charge in [0.2, 0.25) is 0 Å². The summed E-state index contributed by atoms with van der Waals surface area (Å²) in [6.45, 7) is 0.977. The topological polar surface area (TPSA) is 45.0 Å². The first-order valence-corrected chi connectivity index (χ1v) is 6.94. The van der Waals surface area contributed by atoms with Crippen LogP contribution in [0.25, 0.3) is 0 Å². The van der Waals surface area contributed by atoms with Crippen molar-refractivity contribution in [2.75, 3.05) is 18.1 Å². The highest BCUT2D eigenvalue weighted by Gasteiger charge is 2.14. The number of nitrogens with zero attached hydrogens (tertiary/aromatic N) is 1. The largest absolute Gasteiger partial charge is 0.479 e. The standard InChI is InChI=1S/C13H16N2OS/c14-5-6-16-13-3-1-2-11(8-13)9-15-12-4-7-17-10-12/h1-3,8,12,15H,4,6-7,9-10H2. The van der Waals surface area contributed by atoms with E-state index in [4.69, 9.17) is 10.00 Å². The summed E-state index contributed by atoms with van der Waals surface area (Å²) >= 11 is 2.01. The van der Waals surface area contributed by atoms with Crippen molar-refractivity contribution in [3.63, 3.8) is 0 Å². The van der Waals surface area contributed by atoms with Gasteiger partial charge in [0.25, 0.3) is 0 Å². The molecule has 1 aromatic carbocycles. The Hall–Kier alpha value is -1.18. The second-order valence-electron chi connectivity index (χ2n) is 4.04. The molecule has 2 rings (SSSR count). The van der Waals surface area contributed by atoms with E-state index in [0.29, 0.717) is 6.04 Å². The number of thioether (sulfide) groups is 1. The zero-order valence-electron chi connectivity index (χ0n) is 9.69. The smallest absolute Gasteiger partial charge is 0.174 e. The third kappa shape index (κ3) is 3.95. The second-order valence-corrected chi connectivity index (χ2v) is 5.19. The minimum absolute atomic E-state index is 0.107. The number of rotatable bonds is 5. The van der Waals surface area contributed by atoms with Crippen LogP contribution in [0.2, 0.25) is 0 Å². The maximum atomic E-state index is 8.45. The molecule has 17 heavy (non-hydrogen) atoms. The van der Waals surface area contributed by atoms with Crippen molar-refractivity contribution in [1.29, 1.82) is 5.26 Å². The molecule has 0 aromatic heterocycles. The highest BCUT2D eigenvalue weighted by molar-refractivity contribution is 7.99. The number of nitriles is 1. The third-order valence-corrected chi connectivity index (χ3v) is 3.89. The number of benzene rings is 1. The fourth-order valence-electron chi connectivity index (χ4n) is 1.82. The number of hydrogen-bond donors (Lipinski definition) is 1. The molecule has 1 saturated heterocycles. The van der Waals surface area contributed by atoms with E-state index >= 15 is 0 Å². The average Bonchev–Trinajstić information content (AvgIpc) is 2.87. The van der Waals surface area contributed by atoms with Crippen LogP contribution in [0.15, 0.2) is 24.3 Å². The zero-order valence-corrected chi connectivity index (χ0v) is 10.5. The predicted octanol–water partition coefficient (Wildman–Crippen LogP) is 2.18. The van der Waals surface area contributed by atoms with Gasteiger partial charge in [-0.25, -0.2) is 0 Å². The monoisotopic (exact) mass is 248 g/mol. The van der Waals surface area contributed by atoms with Crippen LogP contribution in [0, 0.1) is 11.3 Å².